The van der Waals surface area contributed by atoms with Crippen molar-refractivity contribution in [2.24, 2.45) is 4.99 Å². The number of methoxy groups -OCH3 is 1. The van der Waals surface area contributed by atoms with Gasteiger partial charge in [-0.25, -0.2) is 14.6 Å². The number of benzene rings is 2. The van der Waals surface area contributed by atoms with Gasteiger partial charge in [0.2, 0.25) is 0 Å². The van der Waals surface area contributed by atoms with Crippen LogP contribution in [-0.2, 0) is 14.3 Å². The van der Waals surface area contributed by atoms with Gasteiger partial charge in [-0.1, -0.05) is 53.3 Å². The summed E-state index contributed by atoms with van der Waals surface area (Å²) >= 11 is 7.34. The van der Waals surface area contributed by atoms with E-state index in [2.05, 4.69) is 4.99 Å². The highest BCUT2D eigenvalue weighted by Crippen LogP contribution is 2.31. The third kappa shape index (κ3) is 4.98. The van der Waals surface area contributed by atoms with Crippen molar-refractivity contribution in [3.63, 3.8) is 0 Å². The van der Waals surface area contributed by atoms with Crippen LogP contribution in [0.1, 0.15) is 41.6 Å². The number of carbonyl (C=O) groups is 2. The topological polar surface area (TPSA) is 100 Å². The van der Waals surface area contributed by atoms with E-state index in [1.165, 1.54) is 23.0 Å². The molecule has 2 aromatic carbocycles. The van der Waals surface area contributed by atoms with Gasteiger partial charge in [0.25, 0.3) is 5.56 Å². The second-order valence-corrected chi connectivity index (χ2v) is 10.0. The van der Waals surface area contributed by atoms with Crippen LogP contribution in [0.25, 0.3) is 17.4 Å². The molecule has 3 heterocycles. The van der Waals surface area contributed by atoms with E-state index < -0.39 is 18.0 Å². The average molecular weight is 563 g/mol. The highest BCUT2D eigenvalue weighted by atomic mass is 35.5. The number of thiazole rings is 1. The Morgan fingerprint density at radius 3 is 2.62 bits per heavy atom. The van der Waals surface area contributed by atoms with E-state index in [4.69, 9.17) is 25.5 Å². The molecule has 10 heteroatoms. The van der Waals surface area contributed by atoms with E-state index in [9.17, 15) is 14.4 Å². The van der Waals surface area contributed by atoms with Crippen LogP contribution in [0.5, 0.6) is 0 Å². The molecule has 4 aromatic rings. The number of hydrogen-bond acceptors (Lipinski definition) is 8. The van der Waals surface area contributed by atoms with Crippen LogP contribution in [0.3, 0.4) is 0 Å². The van der Waals surface area contributed by atoms with Gasteiger partial charge in [-0.3, -0.25) is 9.36 Å². The Kier molecular flexibility index (Phi) is 7.36. The molecule has 0 unspecified atom stereocenters. The summed E-state index contributed by atoms with van der Waals surface area (Å²) in [7, 11) is 1.28. The normalized spacial score (nSPS) is 15.1. The molecule has 2 aromatic heterocycles. The molecular formula is C29H23ClN2O6S. The molecule has 39 heavy (non-hydrogen) atoms. The van der Waals surface area contributed by atoms with Gasteiger partial charge in [-0.2, -0.15) is 0 Å². The minimum absolute atomic E-state index is 0.205. The Labute approximate surface area is 232 Å². The lowest BCUT2D eigenvalue weighted by Gasteiger charge is -2.24. The van der Waals surface area contributed by atoms with Crippen molar-refractivity contribution < 1.29 is 23.5 Å². The van der Waals surface area contributed by atoms with Gasteiger partial charge in [-0.15, -0.1) is 0 Å². The summed E-state index contributed by atoms with van der Waals surface area (Å²) in [5.41, 5.74) is 2.13. The highest BCUT2D eigenvalue weighted by Gasteiger charge is 2.33. The van der Waals surface area contributed by atoms with Gasteiger partial charge in [0.1, 0.15) is 11.5 Å². The number of halogens is 1. The first-order chi connectivity index (χ1) is 18.8. The number of aromatic nitrogens is 1. The molecule has 198 valence electrons. The molecule has 1 atom stereocenters. The Hall–Kier alpha value is -4.21. The predicted octanol–water partition coefficient (Wildman–Crippen LogP) is 4.50. The van der Waals surface area contributed by atoms with Crippen LogP contribution in [0.15, 0.2) is 86.1 Å². The Bertz CT molecular complexity index is 1800. The van der Waals surface area contributed by atoms with E-state index in [0.29, 0.717) is 37.7 Å². The molecule has 0 bridgehead atoms. The molecule has 0 saturated carbocycles. The monoisotopic (exact) mass is 562 g/mol. The smallest absolute Gasteiger partial charge is 0.339 e. The van der Waals surface area contributed by atoms with Gasteiger partial charge in [-0.05, 0) is 49.7 Å². The minimum Gasteiger partial charge on any atom is -0.465 e. The first-order valence-corrected chi connectivity index (χ1v) is 13.2. The molecule has 0 fully saturated rings. The summed E-state index contributed by atoms with van der Waals surface area (Å²) < 4.78 is 18.0. The number of fused-ring (bicyclic) bond motifs is 1. The predicted molar refractivity (Wildman–Crippen MR) is 147 cm³/mol. The molecule has 5 rings (SSSR count). The summed E-state index contributed by atoms with van der Waals surface area (Å²) in [6.07, 6.45) is 1.63. The van der Waals surface area contributed by atoms with Crippen LogP contribution >= 0.6 is 22.9 Å². The number of ether oxygens (including phenoxy) is 2. The Morgan fingerprint density at radius 1 is 1.13 bits per heavy atom. The van der Waals surface area contributed by atoms with Crippen LogP contribution in [0, 0.1) is 0 Å². The lowest BCUT2D eigenvalue weighted by molar-refractivity contribution is -0.139. The molecule has 0 spiro atoms. The zero-order valence-corrected chi connectivity index (χ0v) is 22.8. The van der Waals surface area contributed by atoms with Gasteiger partial charge < -0.3 is 13.9 Å². The summed E-state index contributed by atoms with van der Waals surface area (Å²) in [6.45, 7) is 3.68. The SMILES string of the molecule is CCOC(=O)C1=C(C)N=c2s/c(=C\c3ccc(-c4ccc(Cl)c(C(=O)OC)c4)o3)c(=O)n2[C@H]1c1ccccc1. The van der Waals surface area contributed by atoms with E-state index in [-0.39, 0.29) is 22.8 Å². The zero-order chi connectivity index (χ0) is 27.7. The van der Waals surface area contributed by atoms with E-state index in [0.717, 1.165) is 5.56 Å². The molecular weight excluding hydrogens is 540 g/mol. The number of rotatable bonds is 6. The summed E-state index contributed by atoms with van der Waals surface area (Å²) in [4.78, 5) is 43.7. The van der Waals surface area contributed by atoms with E-state index in [1.807, 2.05) is 30.3 Å². The quantitative estimate of drug-likeness (QED) is 0.321. The van der Waals surface area contributed by atoms with Crippen molar-refractivity contribution >= 4 is 41.0 Å². The molecule has 1 aliphatic heterocycles. The Morgan fingerprint density at radius 2 is 1.90 bits per heavy atom. The minimum atomic E-state index is -0.679. The van der Waals surface area contributed by atoms with Crippen molar-refractivity contribution in [3.8, 4) is 11.3 Å². The summed E-state index contributed by atoms with van der Waals surface area (Å²) in [6, 6.07) is 17.0. The van der Waals surface area contributed by atoms with Crippen LogP contribution in [0.2, 0.25) is 5.02 Å². The fourth-order valence-corrected chi connectivity index (χ4v) is 5.62. The fourth-order valence-electron chi connectivity index (χ4n) is 4.40. The van der Waals surface area contributed by atoms with E-state index in [1.54, 1.807) is 50.3 Å². The first kappa shape index (κ1) is 26.4. The van der Waals surface area contributed by atoms with Crippen molar-refractivity contribution in [1.82, 2.24) is 4.57 Å². The molecule has 0 radical (unpaired) electrons. The van der Waals surface area contributed by atoms with Gasteiger partial charge in [0, 0.05) is 11.6 Å². The lowest BCUT2D eigenvalue weighted by Crippen LogP contribution is -2.39. The highest BCUT2D eigenvalue weighted by molar-refractivity contribution is 7.07. The number of furan rings is 1. The first-order valence-electron chi connectivity index (χ1n) is 12.0. The van der Waals surface area contributed by atoms with Gasteiger partial charge in [0.05, 0.1) is 46.1 Å². The maximum atomic E-state index is 13.7. The van der Waals surface area contributed by atoms with Gasteiger partial charge in [0.15, 0.2) is 4.80 Å². The maximum Gasteiger partial charge on any atom is 0.339 e. The molecule has 0 saturated heterocycles. The zero-order valence-electron chi connectivity index (χ0n) is 21.3. The van der Waals surface area contributed by atoms with Crippen molar-refractivity contribution in [2.75, 3.05) is 13.7 Å². The van der Waals surface area contributed by atoms with Crippen LogP contribution in [-0.4, -0.2) is 30.2 Å². The lowest BCUT2D eigenvalue weighted by atomic mass is 9.96. The second-order valence-electron chi connectivity index (χ2n) is 8.60. The molecule has 0 N–H and O–H groups in total. The third-order valence-corrected chi connectivity index (χ3v) is 7.50. The Balaban J connectivity index is 1.59. The second kappa shape index (κ2) is 10.9. The molecule has 8 nitrogen and oxygen atoms in total. The molecule has 0 amide bonds. The van der Waals surface area contributed by atoms with Crippen LogP contribution in [0.4, 0.5) is 0 Å². The number of allylic oxidation sites excluding steroid dienone is 1. The fraction of sp³-hybridized carbons (Fsp3) is 0.172. The number of nitrogens with zero attached hydrogens (tertiary/aromatic N) is 2. The van der Waals surface area contributed by atoms with Gasteiger partial charge >= 0.3 is 11.9 Å². The summed E-state index contributed by atoms with van der Waals surface area (Å²) in [5.74, 6) is -0.145. The molecule has 0 aliphatic carbocycles. The standard InChI is InChI=1S/C29H23ClN2O6S/c1-4-37-28(35)24-16(2)31-29-32(25(24)17-8-6-5-7-9-17)26(33)23(39-29)15-19-11-13-22(38-19)18-10-12-21(30)20(14-18)27(34)36-3/h5-15,25H,4H2,1-3H3/b23-15-/t25-/m0/s1. The van der Waals surface area contributed by atoms with Crippen molar-refractivity contribution in [3.05, 3.63) is 114 Å². The van der Waals surface area contributed by atoms with E-state index >= 15 is 0 Å². The average Bonchev–Trinajstić information content (AvgIpc) is 3.52. The largest absolute Gasteiger partial charge is 0.465 e. The van der Waals surface area contributed by atoms with Crippen molar-refractivity contribution in [2.45, 2.75) is 19.9 Å². The number of carbonyl (C=O) groups excluding carboxylic acids is 2. The number of hydrogen-bond donors (Lipinski definition) is 0. The molecule has 1 aliphatic rings. The summed E-state index contributed by atoms with van der Waals surface area (Å²) in [5, 5.41) is 0.268. The maximum absolute atomic E-state index is 13.7. The third-order valence-electron chi connectivity index (χ3n) is 6.19. The van der Waals surface area contributed by atoms with Crippen molar-refractivity contribution in [1.29, 1.82) is 0 Å². The van der Waals surface area contributed by atoms with Crippen LogP contribution < -0.4 is 14.9 Å². The number of esters is 2.